The lowest BCUT2D eigenvalue weighted by atomic mass is 10.1. The zero-order chi connectivity index (χ0) is 23.4. The number of thiazole rings is 1. The number of unbranched alkanes of at least 4 members (excludes halogenated alkanes) is 1. The van der Waals surface area contributed by atoms with Gasteiger partial charge in [0.15, 0.2) is 6.54 Å². The van der Waals surface area contributed by atoms with Crippen LogP contribution in [0.15, 0.2) is 52.9 Å². The smallest absolute Gasteiger partial charge is 0.298 e. The molecule has 0 saturated heterocycles. The summed E-state index contributed by atoms with van der Waals surface area (Å²) >= 11 is 3.14. The van der Waals surface area contributed by atoms with Gasteiger partial charge in [-0.05, 0) is 48.7 Å². The Kier molecular flexibility index (Phi) is 8.34. The molecule has 3 rings (SSSR count). The van der Waals surface area contributed by atoms with Crippen molar-refractivity contribution in [3.8, 4) is 11.1 Å². The van der Waals surface area contributed by atoms with Gasteiger partial charge in [-0.3, -0.25) is 4.55 Å². The van der Waals surface area contributed by atoms with E-state index < -0.39 is 25.5 Å². The molecular weight excluding hydrogens is 491 g/mol. The van der Waals surface area contributed by atoms with E-state index in [0.717, 1.165) is 25.7 Å². The summed E-state index contributed by atoms with van der Waals surface area (Å²) in [6, 6.07) is 16.1. The molecule has 0 aliphatic carbocycles. The standard InChI is InChI=1S/C21H25NO6S4/c1-16(32(26,27)28)11-12-22-19-15-18(17-7-3-2-4-8-17)9-10-20(19)30-21(22)29-13-5-6-14-31(23,24)25/h2-4,7-10,15-16H,5-6,11-14H2,1H3,(H-,23,24,25,26,27,28). The summed E-state index contributed by atoms with van der Waals surface area (Å²) in [5, 5.41) is -0.991. The normalized spacial score (nSPS) is 13.5. The highest BCUT2D eigenvalue weighted by Crippen LogP contribution is 2.32. The van der Waals surface area contributed by atoms with Gasteiger partial charge in [0.1, 0.15) is 4.70 Å². The first kappa shape index (κ1) is 25.1. The van der Waals surface area contributed by atoms with Crippen molar-refractivity contribution in [2.75, 3.05) is 11.5 Å². The van der Waals surface area contributed by atoms with Gasteiger partial charge in [0, 0.05) is 18.2 Å². The Bertz CT molecular complexity index is 1270. The average Bonchev–Trinajstić information content (AvgIpc) is 3.07. The maximum atomic E-state index is 11.4. The van der Waals surface area contributed by atoms with Gasteiger partial charge < -0.3 is 4.55 Å². The largest absolute Gasteiger partial charge is 0.748 e. The van der Waals surface area contributed by atoms with E-state index in [9.17, 15) is 21.4 Å². The molecule has 0 spiro atoms. The fraction of sp³-hybridized carbons (Fsp3) is 0.381. The molecule has 0 aliphatic rings. The molecule has 0 fully saturated rings. The van der Waals surface area contributed by atoms with Crippen LogP contribution in [0, 0.1) is 0 Å². The van der Waals surface area contributed by atoms with E-state index in [-0.39, 0.29) is 12.2 Å². The van der Waals surface area contributed by atoms with Gasteiger partial charge in [0.2, 0.25) is 5.52 Å². The van der Waals surface area contributed by atoms with E-state index in [2.05, 4.69) is 6.07 Å². The Hall–Kier alpha value is -1.50. The Morgan fingerprint density at radius 1 is 1.06 bits per heavy atom. The molecule has 0 amide bonds. The number of aromatic nitrogens is 1. The summed E-state index contributed by atoms with van der Waals surface area (Å²) in [7, 11) is -8.32. The maximum Gasteiger partial charge on any atom is 0.298 e. The Labute approximate surface area is 197 Å². The predicted molar refractivity (Wildman–Crippen MR) is 128 cm³/mol. The number of aryl methyl sites for hydroxylation is 1. The van der Waals surface area contributed by atoms with Crippen LogP contribution in [0.2, 0.25) is 0 Å². The Morgan fingerprint density at radius 3 is 2.44 bits per heavy atom. The molecule has 0 saturated carbocycles. The molecule has 174 valence electrons. The molecule has 1 unspecified atom stereocenters. The summed E-state index contributed by atoms with van der Waals surface area (Å²) in [5.74, 6) is 0.391. The highest BCUT2D eigenvalue weighted by molar-refractivity contribution is 8.01. The lowest BCUT2D eigenvalue weighted by Gasteiger charge is -2.14. The SMILES string of the molecule is CC(CC[n+]1c(SCCCCS(=O)(=O)O)sc2ccc(-c3ccccc3)cc21)S(=O)(=O)[O-]. The molecule has 1 aromatic heterocycles. The van der Waals surface area contributed by atoms with Crippen LogP contribution in [0.3, 0.4) is 0 Å². The van der Waals surface area contributed by atoms with E-state index in [1.165, 1.54) is 6.92 Å². The van der Waals surface area contributed by atoms with Crippen LogP contribution >= 0.6 is 23.1 Å². The van der Waals surface area contributed by atoms with Crippen LogP contribution < -0.4 is 4.57 Å². The predicted octanol–water partition coefficient (Wildman–Crippen LogP) is 3.94. The summed E-state index contributed by atoms with van der Waals surface area (Å²) in [4.78, 5) is 0. The van der Waals surface area contributed by atoms with Gasteiger partial charge in [-0.1, -0.05) is 47.7 Å². The first-order chi connectivity index (χ1) is 15.0. The van der Waals surface area contributed by atoms with Gasteiger partial charge in [-0.25, -0.2) is 8.42 Å². The second kappa shape index (κ2) is 10.6. The molecule has 2 aromatic carbocycles. The number of thioether (sulfide) groups is 1. The molecule has 0 bridgehead atoms. The fourth-order valence-corrected chi connectivity index (χ4v) is 6.68. The van der Waals surface area contributed by atoms with Gasteiger partial charge in [0.05, 0.1) is 21.1 Å². The second-order valence-corrected chi connectivity index (χ2v) is 13.2. The molecule has 0 aliphatic heterocycles. The van der Waals surface area contributed by atoms with Crippen LogP contribution in [0.5, 0.6) is 0 Å². The zero-order valence-electron chi connectivity index (χ0n) is 17.5. The van der Waals surface area contributed by atoms with Crippen molar-refractivity contribution in [3.63, 3.8) is 0 Å². The molecule has 32 heavy (non-hydrogen) atoms. The maximum absolute atomic E-state index is 11.4. The van der Waals surface area contributed by atoms with Crippen molar-refractivity contribution < 1.29 is 30.5 Å². The highest BCUT2D eigenvalue weighted by Gasteiger charge is 2.23. The van der Waals surface area contributed by atoms with Crippen molar-refractivity contribution in [3.05, 3.63) is 48.5 Å². The van der Waals surface area contributed by atoms with Gasteiger partial charge >= 0.3 is 0 Å². The minimum Gasteiger partial charge on any atom is -0.748 e. The van der Waals surface area contributed by atoms with Crippen molar-refractivity contribution >= 4 is 53.6 Å². The minimum atomic E-state index is -4.36. The van der Waals surface area contributed by atoms with Crippen molar-refractivity contribution in [1.29, 1.82) is 0 Å². The van der Waals surface area contributed by atoms with Gasteiger partial charge in [-0.15, -0.1) is 0 Å². The van der Waals surface area contributed by atoms with Crippen molar-refractivity contribution in [1.82, 2.24) is 0 Å². The third-order valence-corrected chi connectivity index (χ3v) is 9.60. The lowest BCUT2D eigenvalue weighted by molar-refractivity contribution is -0.702. The summed E-state index contributed by atoms with van der Waals surface area (Å²) < 4.78 is 68.8. The second-order valence-electron chi connectivity index (χ2n) is 7.50. The van der Waals surface area contributed by atoms with Crippen LogP contribution in [-0.2, 0) is 26.8 Å². The summed E-state index contributed by atoms with van der Waals surface area (Å²) in [6.45, 7) is 1.81. The number of rotatable bonds is 11. The Balaban J connectivity index is 1.86. The van der Waals surface area contributed by atoms with E-state index >= 15 is 0 Å². The average molecular weight is 516 g/mol. The molecule has 7 nitrogen and oxygen atoms in total. The molecule has 0 radical (unpaired) electrons. The monoisotopic (exact) mass is 515 g/mol. The fourth-order valence-electron chi connectivity index (χ4n) is 3.19. The van der Waals surface area contributed by atoms with E-state index in [1.54, 1.807) is 23.1 Å². The zero-order valence-corrected chi connectivity index (χ0v) is 20.8. The quantitative estimate of drug-likeness (QED) is 0.178. The summed E-state index contributed by atoms with van der Waals surface area (Å²) in [5.41, 5.74) is 3.08. The summed E-state index contributed by atoms with van der Waals surface area (Å²) in [6.07, 6.45) is 1.17. The first-order valence-electron chi connectivity index (χ1n) is 10.1. The lowest BCUT2D eigenvalue weighted by Crippen LogP contribution is -2.37. The first-order valence-corrected chi connectivity index (χ1v) is 15.0. The van der Waals surface area contributed by atoms with Crippen molar-refractivity contribution in [2.45, 2.75) is 42.3 Å². The number of hydrogen-bond donors (Lipinski definition) is 1. The third-order valence-electron chi connectivity index (χ3n) is 5.05. The number of hydrogen-bond acceptors (Lipinski definition) is 7. The topological polar surface area (TPSA) is 115 Å². The van der Waals surface area contributed by atoms with Gasteiger partial charge in [0.25, 0.3) is 14.5 Å². The van der Waals surface area contributed by atoms with Crippen molar-refractivity contribution in [2.24, 2.45) is 0 Å². The molecule has 1 heterocycles. The van der Waals surface area contributed by atoms with Crippen LogP contribution in [0.1, 0.15) is 26.2 Å². The third kappa shape index (κ3) is 7.00. The molecule has 3 aromatic rings. The highest BCUT2D eigenvalue weighted by atomic mass is 32.2. The Morgan fingerprint density at radius 2 is 1.78 bits per heavy atom. The van der Waals surface area contributed by atoms with E-state index in [0.29, 0.717) is 25.1 Å². The molecule has 1 atom stereocenters. The van der Waals surface area contributed by atoms with E-state index in [4.69, 9.17) is 4.55 Å². The van der Waals surface area contributed by atoms with Gasteiger partial charge in [-0.2, -0.15) is 13.0 Å². The molecular formula is C21H25NO6S4. The van der Waals surface area contributed by atoms with Crippen LogP contribution in [0.25, 0.3) is 21.3 Å². The number of benzene rings is 2. The number of nitrogens with zero attached hydrogens (tertiary/aromatic N) is 1. The van der Waals surface area contributed by atoms with E-state index in [1.807, 2.05) is 47.0 Å². The van der Waals surface area contributed by atoms with Crippen LogP contribution in [-0.4, -0.2) is 42.7 Å². The minimum absolute atomic E-state index is 0.203. The van der Waals surface area contributed by atoms with Crippen LogP contribution in [0.4, 0.5) is 0 Å². The molecule has 1 N–H and O–H groups in total. The molecule has 11 heteroatoms. The number of fused-ring (bicyclic) bond motifs is 1.